The second kappa shape index (κ2) is 8.51. The van der Waals surface area contributed by atoms with Gasteiger partial charge in [0.15, 0.2) is 0 Å². The van der Waals surface area contributed by atoms with Crippen LogP contribution in [0.2, 0.25) is 0 Å². The molecule has 0 radical (unpaired) electrons. The predicted octanol–water partition coefficient (Wildman–Crippen LogP) is 4.00. The second-order valence-corrected chi connectivity index (χ2v) is 10.3. The fourth-order valence-electron chi connectivity index (χ4n) is 4.03. The van der Waals surface area contributed by atoms with Crippen molar-refractivity contribution in [2.24, 2.45) is 10.2 Å². The van der Waals surface area contributed by atoms with Crippen LogP contribution in [0, 0.1) is 0 Å². The van der Waals surface area contributed by atoms with E-state index in [1.807, 2.05) is 53.7 Å². The molecule has 0 amide bonds. The number of hydrazone groups is 2. The minimum Gasteiger partial charge on any atom is -0.256 e. The summed E-state index contributed by atoms with van der Waals surface area (Å²) in [6.07, 6.45) is 8.00. The smallest absolute Gasteiger partial charge is 0.242 e. The molecule has 0 saturated heterocycles. The zero-order chi connectivity index (χ0) is 23.9. The van der Waals surface area contributed by atoms with Crippen LogP contribution >= 0.6 is 0 Å². The molecule has 8 nitrogen and oxygen atoms in total. The maximum Gasteiger partial charge on any atom is 0.242 e. The Balaban J connectivity index is 1.52. The van der Waals surface area contributed by atoms with Crippen molar-refractivity contribution in [3.8, 4) is 0 Å². The summed E-state index contributed by atoms with van der Waals surface area (Å²) in [6.45, 7) is 4.20. The summed E-state index contributed by atoms with van der Waals surface area (Å²) in [4.78, 5) is 4.67. The maximum absolute atomic E-state index is 12.6. The van der Waals surface area contributed by atoms with Crippen LogP contribution in [0.4, 0.5) is 11.4 Å². The van der Waals surface area contributed by atoms with Crippen molar-refractivity contribution in [1.82, 2.24) is 9.29 Å². The van der Waals surface area contributed by atoms with E-state index in [-0.39, 0.29) is 10.9 Å². The first-order valence-electron chi connectivity index (χ1n) is 10.8. The number of anilines is 2. The summed E-state index contributed by atoms with van der Waals surface area (Å²) in [6, 6.07) is 16.5. The Hall–Kier alpha value is -3.82. The molecule has 172 valence electrons. The van der Waals surface area contributed by atoms with Crippen LogP contribution < -0.4 is 10.0 Å². The van der Waals surface area contributed by atoms with E-state index < -0.39 is 10.0 Å². The Bertz CT molecular complexity index is 1470. The number of fused-ring (bicyclic) bond motifs is 1. The summed E-state index contributed by atoms with van der Waals surface area (Å²) in [7, 11) is -0.532. The lowest BCUT2D eigenvalue weighted by molar-refractivity contribution is 0.521. The zero-order valence-electron chi connectivity index (χ0n) is 18.9. The fraction of sp³-hybridized carbons (Fsp3) is 0.160. The molecule has 0 N–H and O–H groups in total. The van der Waals surface area contributed by atoms with Gasteiger partial charge in [-0.3, -0.25) is 9.99 Å². The number of sulfonamides is 1. The Kier molecular flexibility index (Phi) is 5.51. The molecule has 5 rings (SSSR count). The molecule has 2 aliphatic rings. The van der Waals surface area contributed by atoms with Gasteiger partial charge in [-0.15, -0.1) is 0 Å². The molecular weight excluding hydrogens is 448 g/mol. The minimum atomic E-state index is -3.56. The predicted molar refractivity (Wildman–Crippen MR) is 137 cm³/mol. The molecule has 0 spiro atoms. The third-order valence-corrected chi connectivity index (χ3v) is 7.65. The van der Waals surface area contributed by atoms with E-state index >= 15 is 0 Å². The van der Waals surface area contributed by atoms with E-state index in [1.54, 1.807) is 35.6 Å². The van der Waals surface area contributed by atoms with Crippen molar-refractivity contribution in [2.45, 2.75) is 17.4 Å². The quantitative estimate of drug-likeness (QED) is 0.561. The Morgan fingerprint density at radius 2 is 1.91 bits per heavy atom. The zero-order valence-corrected chi connectivity index (χ0v) is 19.7. The number of nitrogens with zero attached hydrogens (tertiary/aromatic N) is 6. The van der Waals surface area contributed by atoms with Crippen LogP contribution in [-0.4, -0.2) is 49.8 Å². The first-order chi connectivity index (χ1) is 16.4. The van der Waals surface area contributed by atoms with E-state index in [0.717, 1.165) is 27.9 Å². The maximum atomic E-state index is 12.6. The highest BCUT2D eigenvalue weighted by Crippen LogP contribution is 2.32. The Morgan fingerprint density at radius 3 is 2.74 bits per heavy atom. The topological polar surface area (TPSA) is 81.5 Å². The third-order valence-electron chi connectivity index (χ3n) is 5.84. The van der Waals surface area contributed by atoms with Crippen molar-refractivity contribution in [3.05, 3.63) is 85.2 Å². The van der Waals surface area contributed by atoms with E-state index in [4.69, 9.17) is 5.10 Å². The first kappa shape index (κ1) is 22.0. The lowest BCUT2D eigenvalue weighted by atomic mass is 10.0. The molecule has 34 heavy (non-hydrogen) atoms. The summed E-state index contributed by atoms with van der Waals surface area (Å²) in [5.41, 5.74) is 4.03. The van der Waals surface area contributed by atoms with Crippen LogP contribution in [0.3, 0.4) is 0 Å². The number of para-hydroxylation sites is 1. The van der Waals surface area contributed by atoms with Crippen molar-refractivity contribution < 1.29 is 8.42 Å². The number of aromatic nitrogens is 1. The molecular formula is C25H24N6O2S. The summed E-state index contributed by atoms with van der Waals surface area (Å²) < 4.78 is 26.4. The molecule has 9 heteroatoms. The lowest BCUT2D eigenvalue weighted by Gasteiger charge is -2.30. The summed E-state index contributed by atoms with van der Waals surface area (Å²) >= 11 is 0. The van der Waals surface area contributed by atoms with Gasteiger partial charge in [0.25, 0.3) is 0 Å². The van der Waals surface area contributed by atoms with Gasteiger partial charge in [0.05, 0.1) is 27.5 Å². The molecule has 1 atom stereocenters. The number of pyridine rings is 1. The normalized spacial score (nSPS) is 18.3. The van der Waals surface area contributed by atoms with Gasteiger partial charge >= 0.3 is 0 Å². The molecule has 3 aromatic rings. The highest BCUT2D eigenvalue weighted by molar-refractivity contribution is 7.89. The first-order valence-corrected chi connectivity index (χ1v) is 12.2. The average molecular weight is 473 g/mol. The van der Waals surface area contributed by atoms with Gasteiger partial charge < -0.3 is 0 Å². The number of rotatable bonds is 5. The van der Waals surface area contributed by atoms with E-state index in [1.165, 1.54) is 18.4 Å². The van der Waals surface area contributed by atoms with E-state index in [0.29, 0.717) is 12.1 Å². The molecule has 0 saturated carbocycles. The van der Waals surface area contributed by atoms with Crippen molar-refractivity contribution >= 4 is 44.2 Å². The van der Waals surface area contributed by atoms with Gasteiger partial charge in [-0.25, -0.2) is 17.7 Å². The average Bonchev–Trinajstić information content (AvgIpc) is 3.33. The van der Waals surface area contributed by atoms with E-state index in [9.17, 15) is 8.42 Å². The standard InChI is InChI=1S/C25H24N6O2S/c1-18-13-16-30(19-7-6-8-20(17-19)34(32,33)29(2)3)28-25(18)24-12-15-27-31(24)23-11-14-26-22-10-5-4-9-21(22)23/h4-11,13-17,24H,1,12H2,2-3H3. The van der Waals surface area contributed by atoms with Gasteiger partial charge in [-0.1, -0.05) is 30.8 Å². The summed E-state index contributed by atoms with van der Waals surface area (Å²) in [5, 5.41) is 14.1. The van der Waals surface area contributed by atoms with Crippen LogP contribution in [0.25, 0.3) is 10.9 Å². The van der Waals surface area contributed by atoms with Gasteiger partial charge in [0.1, 0.15) is 6.04 Å². The molecule has 0 bridgehead atoms. The Morgan fingerprint density at radius 1 is 1.09 bits per heavy atom. The number of allylic oxidation sites excluding steroid dienone is 1. The molecule has 1 aromatic heterocycles. The molecule has 0 aliphatic carbocycles. The van der Waals surface area contributed by atoms with Crippen LogP contribution in [0.15, 0.2) is 100 Å². The van der Waals surface area contributed by atoms with Crippen molar-refractivity contribution in [1.29, 1.82) is 0 Å². The van der Waals surface area contributed by atoms with Gasteiger partial charge in [-0.05, 0) is 42.0 Å². The van der Waals surface area contributed by atoms with Crippen molar-refractivity contribution in [2.75, 3.05) is 24.1 Å². The second-order valence-electron chi connectivity index (χ2n) is 8.20. The Labute approximate surface area is 198 Å². The molecule has 2 aromatic carbocycles. The van der Waals surface area contributed by atoms with Crippen LogP contribution in [0.1, 0.15) is 6.42 Å². The molecule has 3 heterocycles. The monoisotopic (exact) mass is 472 g/mol. The lowest BCUT2D eigenvalue weighted by Crippen LogP contribution is -2.37. The van der Waals surface area contributed by atoms with Gasteiger partial charge in [-0.2, -0.15) is 10.2 Å². The van der Waals surface area contributed by atoms with Crippen molar-refractivity contribution in [3.63, 3.8) is 0 Å². The number of hydrogen-bond donors (Lipinski definition) is 0. The third kappa shape index (κ3) is 3.78. The molecule has 2 aliphatic heterocycles. The molecule has 0 fully saturated rings. The largest absolute Gasteiger partial charge is 0.256 e. The highest BCUT2D eigenvalue weighted by atomic mass is 32.2. The van der Waals surface area contributed by atoms with Crippen LogP contribution in [0.5, 0.6) is 0 Å². The highest BCUT2D eigenvalue weighted by Gasteiger charge is 2.31. The van der Waals surface area contributed by atoms with Gasteiger partial charge in [0.2, 0.25) is 10.0 Å². The number of hydrogen-bond acceptors (Lipinski definition) is 7. The number of benzene rings is 2. The SMILES string of the molecule is C=C1C=CN(c2cccc(S(=O)(=O)N(C)C)c2)N=C1C1CC=NN1c1ccnc2ccccc12. The van der Waals surface area contributed by atoms with E-state index in [2.05, 4.69) is 16.7 Å². The molecule has 1 unspecified atom stereocenters. The minimum absolute atomic E-state index is 0.153. The van der Waals surface area contributed by atoms with Gasteiger partial charge in [0, 0.05) is 44.5 Å². The van der Waals surface area contributed by atoms with Crippen LogP contribution in [-0.2, 0) is 10.0 Å². The summed E-state index contributed by atoms with van der Waals surface area (Å²) in [5.74, 6) is 0. The fourth-order valence-corrected chi connectivity index (χ4v) is 4.98.